The largest absolute Gasteiger partial charge is 0.479 e. The van der Waals surface area contributed by atoms with Crippen molar-refractivity contribution in [2.45, 2.75) is 0 Å². The van der Waals surface area contributed by atoms with E-state index in [1.807, 2.05) is 0 Å². The van der Waals surface area contributed by atoms with E-state index in [0.29, 0.717) is 5.56 Å². The van der Waals surface area contributed by atoms with Crippen molar-refractivity contribution in [3.8, 4) is 5.88 Å². The first-order chi connectivity index (χ1) is 8.13. The molecule has 0 N–H and O–H groups in total. The third-order valence-electron chi connectivity index (χ3n) is 1.97. The van der Waals surface area contributed by atoms with Crippen LogP contribution in [-0.4, -0.2) is 22.9 Å². The first kappa shape index (κ1) is 12.7. The minimum atomic E-state index is -0.219. The van der Waals surface area contributed by atoms with Crippen molar-refractivity contribution in [2.75, 3.05) is 7.11 Å². The molecular weight excluding hydrogens is 372 g/mol. The molecule has 0 aliphatic heterocycles. The molecule has 2 heterocycles. The fourth-order valence-corrected chi connectivity index (χ4v) is 4.05. The lowest BCUT2D eigenvalue weighted by Gasteiger charge is -2.03. The molecule has 0 spiro atoms. The van der Waals surface area contributed by atoms with Gasteiger partial charge in [0.1, 0.15) is 0 Å². The molecule has 0 saturated carbocycles. The van der Waals surface area contributed by atoms with Gasteiger partial charge in [0.25, 0.3) is 0 Å². The van der Waals surface area contributed by atoms with Crippen LogP contribution >= 0.6 is 43.2 Å². The Labute approximate surface area is 118 Å². The first-order valence-electron chi connectivity index (χ1n) is 4.48. The topological polar surface area (TPSA) is 52.1 Å². The normalized spacial score (nSPS) is 10.3. The molecule has 0 fully saturated rings. The van der Waals surface area contributed by atoms with E-state index < -0.39 is 0 Å². The van der Waals surface area contributed by atoms with Crippen LogP contribution in [0.5, 0.6) is 5.88 Å². The molecule has 0 bridgehead atoms. The fraction of sp³-hybridized carbons (Fsp3) is 0.100. The van der Waals surface area contributed by atoms with Gasteiger partial charge in [-0.3, -0.25) is 4.79 Å². The molecule has 0 radical (unpaired) electrons. The van der Waals surface area contributed by atoms with Crippen molar-refractivity contribution in [3.63, 3.8) is 0 Å². The third kappa shape index (κ3) is 2.56. The van der Waals surface area contributed by atoms with Crippen LogP contribution in [0.1, 0.15) is 16.1 Å². The number of halogens is 2. The molecule has 2 rings (SSSR count). The number of carbonyl (C=O) groups is 1. The molecule has 7 heteroatoms. The predicted molar refractivity (Wildman–Crippen MR) is 71.7 cm³/mol. The zero-order chi connectivity index (χ0) is 12.4. The van der Waals surface area contributed by atoms with Gasteiger partial charge in [0.2, 0.25) is 11.7 Å². The monoisotopic (exact) mass is 376 g/mol. The van der Waals surface area contributed by atoms with Crippen molar-refractivity contribution >= 4 is 49.0 Å². The van der Waals surface area contributed by atoms with Crippen LogP contribution in [0.25, 0.3) is 0 Å². The van der Waals surface area contributed by atoms with Crippen LogP contribution in [0.4, 0.5) is 0 Å². The van der Waals surface area contributed by atoms with Crippen molar-refractivity contribution < 1.29 is 9.53 Å². The Kier molecular flexibility index (Phi) is 3.90. The van der Waals surface area contributed by atoms with Crippen molar-refractivity contribution in [2.24, 2.45) is 0 Å². The lowest BCUT2D eigenvalue weighted by molar-refractivity contribution is 0.103. The van der Waals surface area contributed by atoms with Crippen LogP contribution in [-0.2, 0) is 0 Å². The van der Waals surface area contributed by atoms with Crippen molar-refractivity contribution in [1.29, 1.82) is 0 Å². The number of ketones is 1. The SMILES string of the molecule is COc1nccnc1C(=O)c1cc(Br)sc1Br. The fourth-order valence-electron chi connectivity index (χ4n) is 1.25. The van der Waals surface area contributed by atoms with Gasteiger partial charge in [0.05, 0.1) is 20.2 Å². The zero-order valence-electron chi connectivity index (χ0n) is 8.61. The van der Waals surface area contributed by atoms with Crippen molar-refractivity contribution in [1.82, 2.24) is 9.97 Å². The average molecular weight is 378 g/mol. The maximum absolute atomic E-state index is 12.2. The molecule has 0 aliphatic carbocycles. The van der Waals surface area contributed by atoms with Gasteiger partial charge in [-0.2, -0.15) is 0 Å². The highest BCUT2D eigenvalue weighted by molar-refractivity contribution is 9.12. The molecule has 17 heavy (non-hydrogen) atoms. The summed E-state index contributed by atoms with van der Waals surface area (Å²) < 4.78 is 6.64. The van der Waals surface area contributed by atoms with Gasteiger partial charge >= 0.3 is 0 Å². The summed E-state index contributed by atoms with van der Waals surface area (Å²) >= 11 is 8.10. The number of methoxy groups -OCH3 is 1. The van der Waals surface area contributed by atoms with Gasteiger partial charge in [0, 0.05) is 12.4 Å². The molecule has 0 aliphatic rings. The number of rotatable bonds is 3. The van der Waals surface area contributed by atoms with E-state index >= 15 is 0 Å². The van der Waals surface area contributed by atoms with Gasteiger partial charge in [-0.05, 0) is 37.9 Å². The highest BCUT2D eigenvalue weighted by atomic mass is 79.9. The Balaban J connectivity index is 2.47. The van der Waals surface area contributed by atoms with E-state index in [9.17, 15) is 4.79 Å². The summed E-state index contributed by atoms with van der Waals surface area (Å²) in [6, 6.07) is 1.74. The van der Waals surface area contributed by atoms with Gasteiger partial charge in [-0.15, -0.1) is 11.3 Å². The molecule has 0 atom stereocenters. The minimum absolute atomic E-state index is 0.209. The summed E-state index contributed by atoms with van der Waals surface area (Å²) in [5.74, 6) is 0.00972. The smallest absolute Gasteiger partial charge is 0.243 e. The Bertz CT molecular complexity index is 571. The van der Waals surface area contributed by atoms with Gasteiger partial charge in [-0.1, -0.05) is 0 Å². The second kappa shape index (κ2) is 5.24. The third-order valence-corrected chi connectivity index (χ3v) is 4.31. The second-order valence-corrected chi connectivity index (χ2v) is 6.73. The highest BCUT2D eigenvalue weighted by Gasteiger charge is 2.21. The summed E-state index contributed by atoms with van der Waals surface area (Å²) in [4.78, 5) is 20.2. The van der Waals surface area contributed by atoms with E-state index in [1.165, 1.54) is 30.8 Å². The van der Waals surface area contributed by atoms with Crippen LogP contribution in [0, 0.1) is 0 Å². The summed E-state index contributed by atoms with van der Waals surface area (Å²) in [5, 5.41) is 0. The lowest BCUT2D eigenvalue weighted by Crippen LogP contribution is -2.07. The summed E-state index contributed by atoms with van der Waals surface area (Å²) in [6.45, 7) is 0. The Morgan fingerprint density at radius 2 is 2.06 bits per heavy atom. The maximum Gasteiger partial charge on any atom is 0.243 e. The molecule has 4 nitrogen and oxygen atoms in total. The number of hydrogen-bond acceptors (Lipinski definition) is 5. The van der Waals surface area contributed by atoms with Crippen molar-refractivity contribution in [3.05, 3.63) is 37.3 Å². The molecule has 0 saturated heterocycles. The summed E-state index contributed by atoms with van der Waals surface area (Å²) in [6.07, 6.45) is 2.94. The number of hydrogen-bond donors (Lipinski definition) is 0. The number of carbonyl (C=O) groups excluding carboxylic acids is 1. The number of ether oxygens (including phenoxy) is 1. The molecule has 88 valence electrons. The van der Waals surface area contributed by atoms with E-state index in [-0.39, 0.29) is 17.4 Å². The molecular formula is C10H6Br2N2O2S. The quantitative estimate of drug-likeness (QED) is 0.770. The standard InChI is InChI=1S/C10H6Br2N2O2S/c1-16-10-7(13-2-3-14-10)8(15)5-4-6(11)17-9(5)12/h2-4H,1H3. The van der Waals surface area contributed by atoms with Gasteiger partial charge in [-0.25, -0.2) is 9.97 Å². The Morgan fingerprint density at radius 3 is 2.65 bits per heavy atom. The van der Waals surface area contributed by atoms with Gasteiger partial charge in [0.15, 0.2) is 5.69 Å². The van der Waals surface area contributed by atoms with Crippen LogP contribution in [0.3, 0.4) is 0 Å². The number of aromatic nitrogens is 2. The zero-order valence-corrected chi connectivity index (χ0v) is 12.6. The Morgan fingerprint density at radius 1 is 1.35 bits per heavy atom. The predicted octanol–water partition coefficient (Wildman–Crippen LogP) is 3.30. The summed E-state index contributed by atoms with van der Waals surface area (Å²) in [7, 11) is 1.46. The van der Waals surface area contributed by atoms with E-state index in [4.69, 9.17) is 4.74 Å². The van der Waals surface area contributed by atoms with Crippen LogP contribution in [0.15, 0.2) is 26.0 Å². The minimum Gasteiger partial charge on any atom is -0.479 e. The molecule has 2 aromatic heterocycles. The Hall–Kier alpha value is -0.790. The van der Waals surface area contributed by atoms with E-state index in [0.717, 1.165) is 7.57 Å². The van der Waals surface area contributed by atoms with Gasteiger partial charge < -0.3 is 4.74 Å². The van der Waals surface area contributed by atoms with Crippen LogP contribution in [0.2, 0.25) is 0 Å². The molecule has 0 amide bonds. The van der Waals surface area contributed by atoms with E-state index in [1.54, 1.807) is 6.07 Å². The first-order valence-corrected chi connectivity index (χ1v) is 6.88. The molecule has 0 aromatic carbocycles. The number of thiophene rings is 1. The maximum atomic E-state index is 12.2. The molecule has 2 aromatic rings. The van der Waals surface area contributed by atoms with E-state index in [2.05, 4.69) is 41.8 Å². The summed E-state index contributed by atoms with van der Waals surface area (Å²) in [5.41, 5.74) is 0.752. The number of nitrogens with zero attached hydrogens (tertiary/aromatic N) is 2. The molecule has 0 unspecified atom stereocenters. The highest BCUT2D eigenvalue weighted by Crippen LogP contribution is 2.33. The second-order valence-electron chi connectivity index (χ2n) is 2.98. The lowest BCUT2D eigenvalue weighted by atomic mass is 10.1. The van der Waals surface area contributed by atoms with Crippen LogP contribution < -0.4 is 4.74 Å². The average Bonchev–Trinajstić information content (AvgIpc) is 2.67.